The van der Waals surface area contributed by atoms with Crippen LogP contribution in [0.15, 0.2) is 12.7 Å². The first-order chi connectivity index (χ1) is 4.58. The Morgan fingerprint density at radius 2 is 1.90 bits per heavy atom. The van der Waals surface area contributed by atoms with Crippen molar-refractivity contribution in [1.29, 1.82) is 0 Å². The van der Waals surface area contributed by atoms with Gasteiger partial charge in [-0.25, -0.2) is 0 Å². The minimum absolute atomic E-state index is 0.773. The van der Waals surface area contributed by atoms with Crippen LogP contribution in [0, 0.1) is 0 Å². The summed E-state index contributed by atoms with van der Waals surface area (Å²) in [4.78, 5) is 0. The first-order valence-electron chi connectivity index (χ1n) is 2.15. The predicted octanol–water partition coefficient (Wildman–Crippen LogP) is -2.09. The molecule has 0 aliphatic rings. The molecule has 8 heteroatoms. The highest BCUT2D eigenvalue weighted by atomic mass is 32.2. The van der Waals surface area contributed by atoms with Gasteiger partial charge in [0, 0.05) is 0 Å². The maximum Gasteiger partial charge on any atom is 0.398 e. The summed E-state index contributed by atoms with van der Waals surface area (Å²) in [7, 11) is -3.96. The zero-order chi connectivity index (χ0) is 7.61. The average Bonchev–Trinajstić information content (AvgIpc) is 2.12. The second kappa shape index (κ2) is 2.23. The zero-order valence-corrected chi connectivity index (χ0v) is 5.52. The van der Waals surface area contributed by atoms with Crippen LogP contribution in [0.5, 0.6) is 0 Å². The monoisotopic (exact) mass is 164 g/mol. The molecule has 7 nitrogen and oxygen atoms in total. The van der Waals surface area contributed by atoms with Crippen LogP contribution in [0.2, 0.25) is 0 Å². The lowest BCUT2D eigenvalue weighted by Crippen LogP contribution is -2.26. The van der Waals surface area contributed by atoms with E-state index in [9.17, 15) is 8.42 Å². The standard InChI is InChI=1S/C2H4N4O3S/c3-10(7,8)9-6-1-4-5-2-6/h1-2H,(H2,3,7,8). The fraction of sp³-hybridized carbons (Fsp3) is 0. The molecule has 1 aromatic rings. The van der Waals surface area contributed by atoms with E-state index in [-0.39, 0.29) is 0 Å². The van der Waals surface area contributed by atoms with E-state index in [1.54, 1.807) is 0 Å². The lowest BCUT2D eigenvalue weighted by atomic mass is 11.3. The molecule has 0 saturated carbocycles. The number of rotatable bonds is 2. The Morgan fingerprint density at radius 1 is 1.40 bits per heavy atom. The molecule has 56 valence electrons. The Bertz CT molecular complexity index is 288. The summed E-state index contributed by atoms with van der Waals surface area (Å²) in [6.07, 6.45) is 2.12. The van der Waals surface area contributed by atoms with Crippen LogP contribution < -0.4 is 9.42 Å². The highest BCUT2D eigenvalue weighted by Crippen LogP contribution is 1.78. The SMILES string of the molecule is NS(=O)(=O)On1cnnc1. The van der Waals surface area contributed by atoms with Gasteiger partial charge in [-0.2, -0.15) is 13.6 Å². The largest absolute Gasteiger partial charge is 0.398 e. The number of hydrogen-bond acceptors (Lipinski definition) is 5. The minimum atomic E-state index is -3.96. The zero-order valence-electron chi connectivity index (χ0n) is 4.71. The second-order valence-electron chi connectivity index (χ2n) is 1.39. The van der Waals surface area contributed by atoms with Crippen molar-refractivity contribution < 1.29 is 12.7 Å². The molecule has 0 saturated heterocycles. The van der Waals surface area contributed by atoms with Crippen molar-refractivity contribution in [2.75, 3.05) is 0 Å². The van der Waals surface area contributed by atoms with Crippen molar-refractivity contribution in [3.63, 3.8) is 0 Å². The van der Waals surface area contributed by atoms with E-state index in [0.717, 1.165) is 17.4 Å². The molecule has 0 bridgehead atoms. The molecule has 0 spiro atoms. The molecule has 0 fully saturated rings. The highest BCUT2D eigenvalue weighted by molar-refractivity contribution is 7.84. The summed E-state index contributed by atoms with van der Waals surface area (Å²) < 4.78 is 25.2. The van der Waals surface area contributed by atoms with E-state index in [1.807, 2.05) is 0 Å². The first-order valence-corrected chi connectivity index (χ1v) is 3.62. The quantitative estimate of drug-likeness (QED) is 0.540. The molecule has 0 aliphatic heterocycles. The van der Waals surface area contributed by atoms with Crippen LogP contribution in [0.3, 0.4) is 0 Å². The molecule has 1 heterocycles. The molecular formula is C2H4N4O3S. The Balaban J connectivity index is 2.75. The smallest absolute Gasteiger partial charge is 0.273 e. The summed E-state index contributed by atoms with van der Waals surface area (Å²) in [6, 6.07) is 0. The Kier molecular flexibility index (Phi) is 1.55. The van der Waals surface area contributed by atoms with E-state index >= 15 is 0 Å². The molecule has 1 rings (SSSR count). The summed E-state index contributed by atoms with van der Waals surface area (Å²) >= 11 is 0. The van der Waals surface area contributed by atoms with E-state index in [1.165, 1.54) is 0 Å². The van der Waals surface area contributed by atoms with Crippen LogP contribution in [-0.4, -0.2) is 23.3 Å². The topological polar surface area (TPSA) is 100 Å². The minimum Gasteiger partial charge on any atom is -0.273 e. The van der Waals surface area contributed by atoms with Gasteiger partial charge in [-0.05, 0) is 0 Å². The summed E-state index contributed by atoms with van der Waals surface area (Å²) in [6.45, 7) is 0. The van der Waals surface area contributed by atoms with Gasteiger partial charge in [0.05, 0.1) is 0 Å². The van der Waals surface area contributed by atoms with Crippen LogP contribution in [-0.2, 0) is 10.3 Å². The molecule has 0 atom stereocenters. The Labute approximate surface area is 56.6 Å². The van der Waals surface area contributed by atoms with E-state index in [2.05, 4.69) is 19.6 Å². The van der Waals surface area contributed by atoms with Crippen molar-refractivity contribution in [2.45, 2.75) is 0 Å². The van der Waals surface area contributed by atoms with Crippen LogP contribution in [0.4, 0.5) is 0 Å². The molecule has 0 aromatic carbocycles. The second-order valence-corrected chi connectivity index (χ2v) is 2.52. The Morgan fingerprint density at radius 3 is 2.30 bits per heavy atom. The van der Waals surface area contributed by atoms with Gasteiger partial charge in [-0.15, -0.1) is 14.9 Å². The van der Waals surface area contributed by atoms with Gasteiger partial charge in [0.15, 0.2) is 12.7 Å². The third-order valence-corrected chi connectivity index (χ3v) is 0.967. The van der Waals surface area contributed by atoms with Crippen molar-refractivity contribution in [3.8, 4) is 0 Å². The third-order valence-electron chi connectivity index (χ3n) is 0.588. The normalized spacial score (nSPS) is 11.3. The maximum atomic E-state index is 10.2. The number of nitrogens with two attached hydrogens (primary N) is 1. The molecule has 10 heavy (non-hydrogen) atoms. The third kappa shape index (κ3) is 1.99. The molecule has 0 unspecified atom stereocenters. The molecule has 0 aliphatic carbocycles. The van der Waals surface area contributed by atoms with Gasteiger partial charge < -0.3 is 0 Å². The van der Waals surface area contributed by atoms with E-state index in [0.29, 0.717) is 0 Å². The van der Waals surface area contributed by atoms with Crippen LogP contribution >= 0.6 is 0 Å². The van der Waals surface area contributed by atoms with Gasteiger partial charge in [-0.3, -0.25) is 4.28 Å². The van der Waals surface area contributed by atoms with Gasteiger partial charge >= 0.3 is 10.3 Å². The fourth-order valence-electron chi connectivity index (χ4n) is 0.350. The number of nitrogens with zero attached hydrogens (tertiary/aromatic N) is 3. The fourth-order valence-corrected chi connectivity index (χ4v) is 0.667. The molecular weight excluding hydrogens is 160 g/mol. The van der Waals surface area contributed by atoms with Gasteiger partial charge in [-0.1, -0.05) is 0 Å². The molecule has 0 amide bonds. The van der Waals surface area contributed by atoms with Gasteiger partial charge in [0.2, 0.25) is 0 Å². The van der Waals surface area contributed by atoms with Crippen molar-refractivity contribution in [2.24, 2.45) is 5.14 Å². The number of aromatic nitrogens is 3. The maximum absolute atomic E-state index is 10.2. The lowest BCUT2D eigenvalue weighted by molar-refractivity contribution is 0.278. The number of hydrogen-bond donors (Lipinski definition) is 1. The molecule has 2 N–H and O–H groups in total. The lowest BCUT2D eigenvalue weighted by Gasteiger charge is -1.97. The van der Waals surface area contributed by atoms with Gasteiger partial charge in [0.1, 0.15) is 0 Å². The average molecular weight is 164 g/mol. The van der Waals surface area contributed by atoms with Crippen molar-refractivity contribution in [1.82, 2.24) is 14.9 Å². The van der Waals surface area contributed by atoms with E-state index < -0.39 is 10.3 Å². The summed E-state index contributed by atoms with van der Waals surface area (Å²) in [5, 5.41) is 11.0. The molecule has 0 radical (unpaired) electrons. The van der Waals surface area contributed by atoms with E-state index in [4.69, 9.17) is 0 Å². The predicted molar refractivity (Wildman–Crippen MR) is 29.7 cm³/mol. The van der Waals surface area contributed by atoms with Crippen molar-refractivity contribution >= 4 is 10.3 Å². The van der Waals surface area contributed by atoms with Crippen molar-refractivity contribution in [3.05, 3.63) is 12.7 Å². The summed E-state index contributed by atoms with van der Waals surface area (Å²) in [5.41, 5.74) is 0. The van der Waals surface area contributed by atoms with Gasteiger partial charge in [0.25, 0.3) is 0 Å². The summed E-state index contributed by atoms with van der Waals surface area (Å²) in [5.74, 6) is 0. The highest BCUT2D eigenvalue weighted by Gasteiger charge is 2.02. The first kappa shape index (κ1) is 6.96. The van der Waals surface area contributed by atoms with Crippen LogP contribution in [0.25, 0.3) is 0 Å². The Hall–Kier alpha value is -1.15. The molecule has 1 aromatic heterocycles. The van der Waals surface area contributed by atoms with Crippen LogP contribution in [0.1, 0.15) is 0 Å².